The number of unbranched alkanes of at least 4 members (excludes halogenated alkanes) is 6. The summed E-state index contributed by atoms with van der Waals surface area (Å²) in [6.07, 6.45) is 9.06. The van der Waals surface area contributed by atoms with Crippen LogP contribution in [0.4, 0.5) is 4.39 Å². The Hall–Kier alpha value is -0.710. The predicted molar refractivity (Wildman–Crippen MR) is 105 cm³/mol. The molecule has 0 aliphatic rings. The molecule has 3 heteroatoms. The smallest absolute Gasteiger partial charge is 0.299 e. The minimum Gasteiger partial charge on any atom is -0.299 e. The number of halogens is 2. The van der Waals surface area contributed by atoms with Gasteiger partial charge in [-0.2, -0.15) is 0 Å². The fraction of sp³-hybridized carbons (Fsp3) is 0.609. The quantitative estimate of drug-likeness (QED) is 0.329. The summed E-state index contributed by atoms with van der Waals surface area (Å²) in [5.41, 5.74) is 1.06. The molecule has 0 bridgehead atoms. The summed E-state index contributed by atoms with van der Waals surface area (Å²) in [7, 11) is 0. The van der Waals surface area contributed by atoms with Gasteiger partial charge in [0.05, 0.1) is 0 Å². The maximum atomic E-state index is 13.9. The van der Waals surface area contributed by atoms with Gasteiger partial charge in [-0.1, -0.05) is 70.6 Å². The Kier molecular flexibility index (Phi) is 11.3. The lowest BCUT2D eigenvalue weighted by molar-refractivity contribution is -0.558. The van der Waals surface area contributed by atoms with Gasteiger partial charge in [0.2, 0.25) is 0 Å². The van der Waals surface area contributed by atoms with Crippen molar-refractivity contribution < 1.29 is 30.4 Å². The Balaban J connectivity index is 2.00. The second kappa shape index (κ2) is 12.6. The molecule has 0 spiro atoms. The summed E-state index contributed by atoms with van der Waals surface area (Å²) in [6, 6.07) is 8.42. The molecule has 1 nitrogen and oxygen atoms in total. The Labute approximate surface area is 170 Å². The zero-order valence-electron chi connectivity index (χ0n) is 16.9. The van der Waals surface area contributed by atoms with Crippen LogP contribution in [-0.4, -0.2) is 5.78 Å². The van der Waals surface area contributed by atoms with E-state index in [1.54, 1.807) is 0 Å². The van der Waals surface area contributed by atoms with Gasteiger partial charge in [-0.25, -0.2) is 4.39 Å². The largest absolute Gasteiger partial charge is 0.352 e. The lowest BCUT2D eigenvalue weighted by atomic mass is 9.88. The van der Waals surface area contributed by atoms with Crippen LogP contribution in [0.5, 0.6) is 0 Å². The SMILES string of the molecule is Cc1ccc([I+]/C=C(/F)CCCCCCCCCC(=O)C(C)(C)C)cc1. The Morgan fingerprint density at radius 1 is 0.923 bits per heavy atom. The molecule has 0 radical (unpaired) electrons. The van der Waals surface area contributed by atoms with E-state index in [-0.39, 0.29) is 32.4 Å². The minimum absolute atomic E-state index is 0.0686. The van der Waals surface area contributed by atoms with Crippen molar-refractivity contribution in [3.05, 3.63) is 43.3 Å². The number of Topliss-reactive ketones (excluding diaryl/α,β-unsaturated/α-hetero) is 1. The number of allylic oxidation sites excluding steroid dienone is 1. The average Bonchev–Trinajstić information content (AvgIpc) is 2.58. The average molecular weight is 473 g/mol. The summed E-state index contributed by atoms with van der Waals surface area (Å²) in [5, 5.41) is 0. The lowest BCUT2D eigenvalue weighted by Crippen LogP contribution is -3.59. The first-order chi connectivity index (χ1) is 12.3. The second-order valence-electron chi connectivity index (χ2n) is 8.11. The van der Waals surface area contributed by atoms with Crippen LogP contribution in [0.25, 0.3) is 0 Å². The van der Waals surface area contributed by atoms with E-state index >= 15 is 0 Å². The molecule has 0 atom stereocenters. The molecule has 0 aliphatic carbocycles. The highest BCUT2D eigenvalue weighted by Crippen LogP contribution is 2.19. The summed E-state index contributed by atoms with van der Waals surface area (Å²) >= 11 is -0.342. The monoisotopic (exact) mass is 473 g/mol. The van der Waals surface area contributed by atoms with Gasteiger partial charge in [0.15, 0.2) is 7.65 Å². The summed E-state index contributed by atoms with van der Waals surface area (Å²) < 4.78 is 17.0. The van der Waals surface area contributed by atoms with Gasteiger partial charge in [0, 0.05) is 18.3 Å². The van der Waals surface area contributed by atoms with E-state index in [2.05, 4.69) is 31.2 Å². The van der Waals surface area contributed by atoms with Crippen LogP contribution in [0.15, 0.2) is 34.2 Å². The van der Waals surface area contributed by atoms with Crippen molar-refractivity contribution in [2.24, 2.45) is 5.41 Å². The molecular weight excluding hydrogens is 438 g/mol. The maximum Gasteiger partial charge on any atom is 0.352 e. The van der Waals surface area contributed by atoms with E-state index in [1.165, 1.54) is 28.4 Å². The van der Waals surface area contributed by atoms with Gasteiger partial charge in [-0.3, -0.25) is 4.79 Å². The third kappa shape index (κ3) is 11.1. The van der Waals surface area contributed by atoms with E-state index in [9.17, 15) is 9.18 Å². The van der Waals surface area contributed by atoms with Gasteiger partial charge < -0.3 is 0 Å². The van der Waals surface area contributed by atoms with Gasteiger partial charge in [0.1, 0.15) is 11.6 Å². The number of carbonyl (C=O) groups excluding carboxylic acids is 1. The van der Waals surface area contributed by atoms with Gasteiger partial charge in [-0.15, -0.1) is 0 Å². The zero-order chi connectivity index (χ0) is 19.4. The molecule has 1 rings (SSSR count). The summed E-state index contributed by atoms with van der Waals surface area (Å²) in [5.74, 6) is 0.437. The van der Waals surface area contributed by atoms with Gasteiger partial charge >= 0.3 is 21.2 Å². The molecule has 0 aromatic heterocycles. The molecular formula is C23H35FIO+. The van der Waals surface area contributed by atoms with E-state index < -0.39 is 0 Å². The molecule has 0 heterocycles. The highest BCUT2D eigenvalue weighted by molar-refractivity contribution is 5.83. The predicted octanol–water partition coefficient (Wildman–Crippen LogP) is 4.19. The molecule has 146 valence electrons. The van der Waals surface area contributed by atoms with E-state index in [4.69, 9.17) is 0 Å². The first-order valence-electron chi connectivity index (χ1n) is 9.87. The van der Waals surface area contributed by atoms with Gasteiger partial charge in [-0.05, 0) is 31.9 Å². The van der Waals surface area contributed by atoms with Crippen molar-refractivity contribution in [2.75, 3.05) is 0 Å². The van der Waals surface area contributed by atoms with Crippen LogP contribution in [0.2, 0.25) is 0 Å². The fourth-order valence-corrected chi connectivity index (χ4v) is 4.40. The van der Waals surface area contributed by atoms with E-state index in [0.717, 1.165) is 25.7 Å². The van der Waals surface area contributed by atoms with Crippen molar-refractivity contribution >= 4 is 5.78 Å². The van der Waals surface area contributed by atoms with Crippen LogP contribution >= 0.6 is 0 Å². The number of carbonyl (C=O) groups is 1. The van der Waals surface area contributed by atoms with Crippen molar-refractivity contribution in [3.63, 3.8) is 0 Å². The molecule has 0 amide bonds. The molecule has 0 aliphatic heterocycles. The van der Waals surface area contributed by atoms with Crippen LogP contribution in [0, 0.1) is 15.9 Å². The van der Waals surface area contributed by atoms with Crippen LogP contribution in [0.3, 0.4) is 0 Å². The Bertz CT molecular complexity index is 555. The molecule has 1 aromatic carbocycles. The number of hydrogen-bond donors (Lipinski definition) is 0. The normalized spacial score (nSPS) is 12.4. The number of aryl methyl sites for hydroxylation is 1. The number of rotatable bonds is 12. The zero-order valence-corrected chi connectivity index (χ0v) is 19.1. The molecule has 0 saturated carbocycles. The van der Waals surface area contributed by atoms with Crippen molar-refractivity contribution in [1.29, 1.82) is 0 Å². The first kappa shape index (κ1) is 23.3. The number of hydrogen-bond acceptors (Lipinski definition) is 1. The minimum atomic E-state index is -0.342. The highest BCUT2D eigenvalue weighted by Gasteiger charge is 2.19. The van der Waals surface area contributed by atoms with E-state index in [1.807, 2.05) is 24.9 Å². The Morgan fingerprint density at radius 3 is 1.96 bits per heavy atom. The molecule has 0 unspecified atom stereocenters. The van der Waals surface area contributed by atoms with Crippen LogP contribution < -0.4 is 21.2 Å². The fourth-order valence-electron chi connectivity index (χ4n) is 2.62. The Morgan fingerprint density at radius 2 is 1.42 bits per heavy atom. The summed E-state index contributed by atoms with van der Waals surface area (Å²) in [4.78, 5) is 11.8. The number of benzene rings is 1. The topological polar surface area (TPSA) is 17.1 Å². The van der Waals surface area contributed by atoms with Crippen molar-refractivity contribution in [1.82, 2.24) is 0 Å². The third-order valence-corrected chi connectivity index (χ3v) is 6.89. The first-order valence-corrected chi connectivity index (χ1v) is 12.2. The van der Waals surface area contributed by atoms with Crippen LogP contribution in [0.1, 0.15) is 84.1 Å². The second-order valence-corrected chi connectivity index (χ2v) is 10.6. The molecule has 0 N–H and O–H groups in total. The third-order valence-electron chi connectivity index (χ3n) is 4.47. The lowest BCUT2D eigenvalue weighted by Gasteiger charge is -2.16. The molecule has 0 fully saturated rings. The molecule has 1 aromatic rings. The van der Waals surface area contributed by atoms with Crippen LogP contribution in [-0.2, 0) is 4.79 Å². The summed E-state index contributed by atoms with van der Waals surface area (Å²) in [6.45, 7) is 8.05. The molecule has 26 heavy (non-hydrogen) atoms. The van der Waals surface area contributed by atoms with Gasteiger partial charge in [0.25, 0.3) is 0 Å². The standard InChI is InChI=1S/C23H35FIO/c1-19-14-16-21(17-15-19)25-18-20(24)12-10-8-6-5-7-9-11-13-22(26)23(2,3)4/h14-18H,5-13H2,1-4H3/q+1/b20-18+. The van der Waals surface area contributed by atoms with Crippen molar-refractivity contribution in [3.8, 4) is 0 Å². The molecule has 0 saturated heterocycles. The highest BCUT2D eigenvalue weighted by atomic mass is 127. The number of ketones is 1. The maximum absolute atomic E-state index is 13.9. The van der Waals surface area contributed by atoms with Crippen molar-refractivity contribution in [2.45, 2.75) is 85.5 Å². The van der Waals surface area contributed by atoms with E-state index in [0.29, 0.717) is 18.6 Å².